The monoisotopic (exact) mass is 387 g/mol. The van der Waals surface area contributed by atoms with Crippen LogP contribution in [0.2, 0.25) is 0 Å². The summed E-state index contributed by atoms with van der Waals surface area (Å²) in [4.78, 5) is 26.2. The highest BCUT2D eigenvalue weighted by Crippen LogP contribution is 2.36. The highest BCUT2D eigenvalue weighted by Gasteiger charge is 2.29. The predicted octanol–water partition coefficient (Wildman–Crippen LogP) is 2.08. The van der Waals surface area contributed by atoms with E-state index in [1.165, 1.54) is 18.2 Å². The Balaban J connectivity index is 1.81. The molecule has 144 valence electrons. The number of nitrogens with zero attached hydrogens (tertiary/aromatic N) is 4. The average molecular weight is 388 g/mol. The summed E-state index contributed by atoms with van der Waals surface area (Å²) in [6.07, 6.45) is 3.96. The summed E-state index contributed by atoms with van der Waals surface area (Å²) < 4.78 is 1.84. The lowest BCUT2D eigenvalue weighted by molar-refractivity contribution is -0.131. The number of thioether (sulfide) groups is 1. The minimum absolute atomic E-state index is 0.118. The van der Waals surface area contributed by atoms with Gasteiger partial charge >= 0.3 is 0 Å². The quantitative estimate of drug-likeness (QED) is 0.734. The number of carbonyl (C=O) groups excluding carboxylic acids is 2. The van der Waals surface area contributed by atoms with Crippen molar-refractivity contribution in [3.05, 3.63) is 41.7 Å². The summed E-state index contributed by atoms with van der Waals surface area (Å²) in [6, 6.07) is 9.79. The van der Waals surface area contributed by atoms with E-state index in [0.29, 0.717) is 17.4 Å². The van der Waals surface area contributed by atoms with Crippen LogP contribution in [0.3, 0.4) is 0 Å². The van der Waals surface area contributed by atoms with Gasteiger partial charge in [-0.2, -0.15) is 0 Å². The number of piperidine rings is 1. The fraction of sp³-hybridized carbons (Fsp3) is 0.474. The molecule has 2 heterocycles. The van der Waals surface area contributed by atoms with Gasteiger partial charge in [0.15, 0.2) is 5.16 Å². The molecule has 1 fully saturated rings. The second-order valence-electron chi connectivity index (χ2n) is 6.72. The maximum absolute atomic E-state index is 13.2. The van der Waals surface area contributed by atoms with E-state index in [9.17, 15) is 9.59 Å². The average Bonchev–Trinajstić information content (AvgIpc) is 3.04. The molecule has 0 radical (unpaired) electrons. The molecule has 0 unspecified atom stereocenters. The normalized spacial score (nSPS) is 15.5. The smallest absolute Gasteiger partial charge is 0.240 e. The van der Waals surface area contributed by atoms with E-state index in [4.69, 9.17) is 5.73 Å². The zero-order valence-electron chi connectivity index (χ0n) is 15.5. The first-order valence-corrected chi connectivity index (χ1v) is 10.1. The Hall–Kier alpha value is -2.35. The maximum atomic E-state index is 13.2. The fourth-order valence-electron chi connectivity index (χ4n) is 3.17. The van der Waals surface area contributed by atoms with Crippen LogP contribution in [0.25, 0.3) is 0 Å². The molecule has 0 bridgehead atoms. The summed E-state index contributed by atoms with van der Waals surface area (Å²) in [5.74, 6) is 0.441. The third kappa shape index (κ3) is 4.88. The molecule has 0 aliphatic carbocycles. The number of hydrogen-bond donors (Lipinski definition) is 1. The number of carbonyl (C=O) groups is 2. The van der Waals surface area contributed by atoms with Gasteiger partial charge in [0.2, 0.25) is 11.8 Å². The number of benzene rings is 1. The minimum Gasteiger partial charge on any atom is -0.370 e. The Morgan fingerprint density at radius 1 is 1.15 bits per heavy atom. The third-order valence-corrected chi connectivity index (χ3v) is 6.01. The van der Waals surface area contributed by atoms with Gasteiger partial charge in [-0.1, -0.05) is 42.1 Å². The number of nitrogens with two attached hydrogens (primary N) is 1. The first-order valence-electron chi connectivity index (χ1n) is 9.23. The molecule has 0 spiro atoms. The van der Waals surface area contributed by atoms with Gasteiger partial charge in [-0.05, 0) is 24.8 Å². The zero-order valence-corrected chi connectivity index (χ0v) is 16.3. The molecular formula is C19H25N5O2S. The van der Waals surface area contributed by atoms with Crippen molar-refractivity contribution in [3.63, 3.8) is 0 Å². The fourth-order valence-corrected chi connectivity index (χ4v) is 4.28. The van der Waals surface area contributed by atoms with Crippen LogP contribution in [0.15, 0.2) is 35.5 Å². The molecule has 27 heavy (non-hydrogen) atoms. The second kappa shape index (κ2) is 9.03. The molecule has 3 rings (SSSR count). The summed E-state index contributed by atoms with van der Waals surface area (Å²) >= 11 is 1.41. The van der Waals surface area contributed by atoms with E-state index in [-0.39, 0.29) is 23.5 Å². The Morgan fingerprint density at radius 3 is 2.52 bits per heavy atom. The lowest BCUT2D eigenvalue weighted by Crippen LogP contribution is -2.38. The number of primary amides is 1. The number of aromatic nitrogens is 3. The van der Waals surface area contributed by atoms with Crippen molar-refractivity contribution < 1.29 is 9.59 Å². The summed E-state index contributed by atoms with van der Waals surface area (Å²) in [5, 5.41) is 8.70. The van der Waals surface area contributed by atoms with Crippen LogP contribution in [0.4, 0.5) is 0 Å². The van der Waals surface area contributed by atoms with Gasteiger partial charge in [-0.25, -0.2) is 0 Å². The van der Waals surface area contributed by atoms with Crippen LogP contribution in [0.1, 0.15) is 42.3 Å². The molecule has 1 saturated heterocycles. The van der Waals surface area contributed by atoms with E-state index >= 15 is 0 Å². The molecule has 1 aromatic heterocycles. The van der Waals surface area contributed by atoms with Gasteiger partial charge in [0, 0.05) is 33.0 Å². The highest BCUT2D eigenvalue weighted by atomic mass is 32.2. The molecule has 8 heteroatoms. The van der Waals surface area contributed by atoms with Crippen LogP contribution in [-0.4, -0.2) is 44.6 Å². The topological polar surface area (TPSA) is 94.1 Å². The van der Waals surface area contributed by atoms with Gasteiger partial charge in [-0.15, -0.1) is 10.2 Å². The Kier molecular flexibility index (Phi) is 6.49. The molecular weight excluding hydrogens is 362 g/mol. The van der Waals surface area contributed by atoms with Crippen LogP contribution < -0.4 is 5.73 Å². The summed E-state index contributed by atoms with van der Waals surface area (Å²) in [5.41, 5.74) is 6.18. The van der Waals surface area contributed by atoms with Crippen LogP contribution in [0.5, 0.6) is 0 Å². The number of amides is 2. The van der Waals surface area contributed by atoms with Gasteiger partial charge in [0.05, 0.1) is 0 Å². The molecule has 1 atom stereocenters. The van der Waals surface area contributed by atoms with Crippen molar-refractivity contribution in [2.75, 3.05) is 13.1 Å². The standard InChI is InChI=1S/C19H25N5O2S/c1-23-16(11-10-15(20)25)21-22-19(23)27-17(14-8-4-2-5-9-14)18(26)24-12-6-3-7-13-24/h2,4-5,8-9,17H,3,6-7,10-13H2,1H3,(H2,20,25)/t17-/m0/s1. The van der Waals surface area contributed by atoms with E-state index in [1.54, 1.807) is 0 Å². The molecule has 0 saturated carbocycles. The zero-order chi connectivity index (χ0) is 19.2. The lowest BCUT2D eigenvalue weighted by Gasteiger charge is -2.30. The minimum atomic E-state index is -0.366. The Bertz CT molecular complexity index is 787. The largest absolute Gasteiger partial charge is 0.370 e. The van der Waals surface area contributed by atoms with Crippen molar-refractivity contribution in [3.8, 4) is 0 Å². The van der Waals surface area contributed by atoms with E-state index in [0.717, 1.165) is 31.5 Å². The van der Waals surface area contributed by atoms with Crippen LogP contribution >= 0.6 is 11.8 Å². The predicted molar refractivity (Wildman–Crippen MR) is 104 cm³/mol. The van der Waals surface area contributed by atoms with E-state index < -0.39 is 0 Å². The number of hydrogen-bond acceptors (Lipinski definition) is 5. The van der Waals surface area contributed by atoms with Gasteiger partial charge < -0.3 is 15.2 Å². The van der Waals surface area contributed by atoms with Crippen LogP contribution in [-0.2, 0) is 23.1 Å². The van der Waals surface area contributed by atoms with Crippen molar-refractivity contribution in [2.24, 2.45) is 12.8 Å². The van der Waals surface area contributed by atoms with Crippen LogP contribution in [0, 0.1) is 0 Å². The van der Waals surface area contributed by atoms with Crippen molar-refractivity contribution in [2.45, 2.75) is 42.5 Å². The molecule has 2 N–H and O–H groups in total. The third-order valence-electron chi connectivity index (χ3n) is 4.74. The molecule has 1 aliphatic rings. The first kappa shape index (κ1) is 19.4. The van der Waals surface area contributed by atoms with E-state index in [2.05, 4.69) is 10.2 Å². The van der Waals surface area contributed by atoms with Gasteiger partial charge in [-0.3, -0.25) is 9.59 Å². The van der Waals surface area contributed by atoms with E-state index in [1.807, 2.05) is 46.8 Å². The van der Waals surface area contributed by atoms with Crippen molar-refractivity contribution in [1.29, 1.82) is 0 Å². The lowest BCUT2D eigenvalue weighted by atomic mass is 10.1. The molecule has 2 amide bonds. The second-order valence-corrected chi connectivity index (χ2v) is 7.79. The van der Waals surface area contributed by atoms with Crippen molar-refractivity contribution >= 4 is 23.6 Å². The Morgan fingerprint density at radius 2 is 1.85 bits per heavy atom. The Labute approximate surface area is 163 Å². The molecule has 1 aromatic carbocycles. The molecule has 2 aromatic rings. The molecule has 1 aliphatic heterocycles. The number of rotatable bonds is 7. The highest BCUT2D eigenvalue weighted by molar-refractivity contribution is 8.00. The first-order chi connectivity index (χ1) is 13.1. The number of aryl methyl sites for hydroxylation is 1. The maximum Gasteiger partial charge on any atom is 0.240 e. The SMILES string of the molecule is Cn1c(CCC(N)=O)nnc1S[C@H](C(=O)N1CCCCC1)c1ccccc1. The van der Waals surface area contributed by atoms with Crippen molar-refractivity contribution in [1.82, 2.24) is 19.7 Å². The molecule has 7 nitrogen and oxygen atoms in total. The number of likely N-dealkylation sites (tertiary alicyclic amines) is 1. The summed E-state index contributed by atoms with van der Waals surface area (Å²) in [7, 11) is 1.85. The van der Waals surface area contributed by atoms with Gasteiger partial charge in [0.1, 0.15) is 11.1 Å². The summed E-state index contributed by atoms with van der Waals surface area (Å²) in [6.45, 7) is 1.62. The van der Waals surface area contributed by atoms with Gasteiger partial charge in [0.25, 0.3) is 0 Å².